The fourth-order valence-corrected chi connectivity index (χ4v) is 8.75. The van der Waals surface area contributed by atoms with Crippen molar-refractivity contribution in [3.8, 4) is 22.3 Å². The number of para-hydroxylation sites is 1. The Morgan fingerprint density at radius 2 is 1.02 bits per heavy atom. The molecule has 0 spiro atoms. The Kier molecular flexibility index (Phi) is 6.07. The second-order valence-corrected chi connectivity index (χ2v) is 13.1. The molecule has 0 aliphatic carbocycles. The molecular formula is C41H30NO2P. The van der Waals surface area contributed by atoms with Gasteiger partial charge >= 0.3 is 8.16 Å². The molecule has 9 rings (SSSR count). The Bertz CT molecular complexity index is 2290. The van der Waals surface area contributed by atoms with Gasteiger partial charge in [-0.2, -0.15) is 0 Å². The van der Waals surface area contributed by atoms with Crippen LogP contribution in [0.5, 0.6) is 0 Å². The average molecular weight is 600 g/mol. The highest BCUT2D eigenvalue weighted by atomic mass is 31.1. The van der Waals surface area contributed by atoms with Crippen LogP contribution in [-0.4, -0.2) is 6.04 Å². The number of hydrogen-bond donors (Lipinski definition) is 0. The van der Waals surface area contributed by atoms with Gasteiger partial charge in [-0.15, -0.1) is 0 Å². The summed E-state index contributed by atoms with van der Waals surface area (Å²) in [5.41, 5.74) is 8.64. The molecule has 0 N–H and O–H groups in total. The largest absolute Gasteiger partial charge is 0.403 e. The molecule has 1 atom stereocenters. The first-order chi connectivity index (χ1) is 22.2. The molecule has 7 aromatic carbocycles. The summed E-state index contributed by atoms with van der Waals surface area (Å²) in [4.78, 5) is 0. The fraction of sp³-hybridized carbons (Fsp3) is 0.0732. The maximum atomic E-state index is 7.35. The van der Waals surface area contributed by atoms with Gasteiger partial charge in [0.1, 0.15) is 0 Å². The van der Waals surface area contributed by atoms with Crippen LogP contribution < -0.4 is 4.67 Å². The number of benzene rings is 7. The van der Waals surface area contributed by atoms with E-state index < -0.39 is 8.16 Å². The molecule has 3 nitrogen and oxygen atoms in total. The van der Waals surface area contributed by atoms with Crippen LogP contribution in [0.3, 0.4) is 0 Å². The molecule has 45 heavy (non-hydrogen) atoms. The van der Waals surface area contributed by atoms with Crippen molar-refractivity contribution in [2.45, 2.75) is 19.4 Å². The van der Waals surface area contributed by atoms with Gasteiger partial charge in [0, 0.05) is 27.9 Å². The van der Waals surface area contributed by atoms with Crippen molar-refractivity contribution >= 4 is 57.3 Å². The minimum atomic E-state index is -1.59. The Morgan fingerprint density at radius 3 is 1.58 bits per heavy atom. The van der Waals surface area contributed by atoms with E-state index in [-0.39, 0.29) is 6.04 Å². The zero-order valence-corrected chi connectivity index (χ0v) is 25.7. The van der Waals surface area contributed by atoms with E-state index in [2.05, 4.69) is 157 Å². The Morgan fingerprint density at radius 1 is 0.556 bits per heavy atom. The lowest BCUT2D eigenvalue weighted by Gasteiger charge is -2.20. The number of fused-ring (bicyclic) bond motifs is 8. The predicted molar refractivity (Wildman–Crippen MR) is 190 cm³/mol. The molecule has 8 aromatic rings. The smallest absolute Gasteiger partial charge is 0.341 e. The van der Waals surface area contributed by atoms with Crippen molar-refractivity contribution in [2.24, 2.45) is 0 Å². The molecule has 1 aliphatic heterocycles. The highest BCUT2D eigenvalue weighted by Crippen LogP contribution is 2.51. The van der Waals surface area contributed by atoms with Crippen LogP contribution in [-0.2, 0) is 6.42 Å². The molecule has 0 saturated carbocycles. The lowest BCUT2D eigenvalue weighted by atomic mass is 9.91. The normalized spacial score (nSPS) is 14.4. The predicted octanol–water partition coefficient (Wildman–Crippen LogP) is 12.1. The second-order valence-electron chi connectivity index (χ2n) is 11.9. The molecule has 2 heterocycles. The van der Waals surface area contributed by atoms with Crippen LogP contribution in [0.1, 0.15) is 12.5 Å². The molecule has 0 radical (unpaired) electrons. The Balaban J connectivity index is 1.57. The number of nitrogens with zero attached hydrogens (tertiary/aromatic N) is 1. The first kappa shape index (κ1) is 26.2. The maximum absolute atomic E-state index is 7.35. The summed E-state index contributed by atoms with van der Waals surface area (Å²) in [5, 5.41) is 6.82. The molecule has 0 amide bonds. The summed E-state index contributed by atoms with van der Waals surface area (Å²) in [6.07, 6.45) is 0.952. The first-order valence-corrected chi connectivity index (χ1v) is 16.6. The van der Waals surface area contributed by atoms with Crippen LogP contribution >= 0.6 is 8.16 Å². The van der Waals surface area contributed by atoms with E-state index in [9.17, 15) is 0 Å². The zero-order chi connectivity index (χ0) is 29.9. The molecule has 0 fully saturated rings. The molecule has 1 aliphatic rings. The third-order valence-corrected chi connectivity index (χ3v) is 10.7. The van der Waals surface area contributed by atoms with Gasteiger partial charge in [-0.1, -0.05) is 127 Å². The lowest BCUT2D eigenvalue weighted by Crippen LogP contribution is -2.20. The van der Waals surface area contributed by atoms with E-state index in [1.54, 1.807) is 0 Å². The number of anilines is 1. The molecule has 216 valence electrons. The third kappa shape index (κ3) is 4.19. The van der Waals surface area contributed by atoms with Gasteiger partial charge in [-0.25, -0.2) is 0 Å². The second kappa shape index (κ2) is 10.4. The molecule has 1 aromatic heterocycles. The summed E-state index contributed by atoms with van der Waals surface area (Å²) < 4.78 is 17.1. The summed E-state index contributed by atoms with van der Waals surface area (Å²) in [6.45, 7) is 2.28. The number of hydrogen-bond acceptors (Lipinski definition) is 3. The third-order valence-electron chi connectivity index (χ3n) is 9.11. The molecule has 4 heteroatoms. The van der Waals surface area contributed by atoms with Crippen LogP contribution in [0.4, 0.5) is 5.69 Å². The zero-order valence-electron chi connectivity index (χ0n) is 24.9. The van der Waals surface area contributed by atoms with Crippen molar-refractivity contribution < 1.29 is 8.39 Å². The van der Waals surface area contributed by atoms with Gasteiger partial charge in [0.2, 0.25) is 0 Å². The maximum Gasteiger partial charge on any atom is 0.341 e. The van der Waals surface area contributed by atoms with Crippen molar-refractivity contribution in [1.82, 2.24) is 0 Å². The summed E-state index contributed by atoms with van der Waals surface area (Å²) in [7, 11) is -1.59. The fourth-order valence-electron chi connectivity index (χ4n) is 7.07. The highest BCUT2D eigenvalue weighted by Gasteiger charge is 2.31. The van der Waals surface area contributed by atoms with Crippen molar-refractivity contribution in [1.29, 1.82) is 0 Å². The van der Waals surface area contributed by atoms with E-state index in [1.807, 2.05) is 0 Å². The van der Waals surface area contributed by atoms with E-state index >= 15 is 0 Å². The summed E-state index contributed by atoms with van der Waals surface area (Å²) in [6, 6.07) is 52.1. The average Bonchev–Trinajstić information content (AvgIpc) is 3.32. The van der Waals surface area contributed by atoms with Gasteiger partial charge in [0.15, 0.2) is 11.2 Å². The minimum Gasteiger partial charge on any atom is -0.403 e. The van der Waals surface area contributed by atoms with Crippen LogP contribution in [0.15, 0.2) is 154 Å². The Labute approximate surface area is 262 Å². The molecular weight excluding hydrogens is 569 g/mol. The number of rotatable bonds is 3. The van der Waals surface area contributed by atoms with E-state index in [0.717, 1.165) is 61.4 Å². The van der Waals surface area contributed by atoms with Gasteiger partial charge in [-0.05, 0) is 69.8 Å². The quantitative estimate of drug-likeness (QED) is 0.202. The van der Waals surface area contributed by atoms with Crippen LogP contribution in [0.2, 0.25) is 0 Å². The van der Waals surface area contributed by atoms with Gasteiger partial charge in [-0.3, -0.25) is 4.67 Å². The topological polar surface area (TPSA) is 29.5 Å². The van der Waals surface area contributed by atoms with Crippen LogP contribution in [0, 0.1) is 0 Å². The monoisotopic (exact) mass is 599 g/mol. The van der Waals surface area contributed by atoms with Gasteiger partial charge in [0.25, 0.3) is 0 Å². The van der Waals surface area contributed by atoms with Crippen LogP contribution in [0.25, 0.3) is 65.7 Å². The highest BCUT2D eigenvalue weighted by molar-refractivity contribution is 7.39. The van der Waals surface area contributed by atoms with Gasteiger partial charge in [0.05, 0.1) is 5.69 Å². The van der Waals surface area contributed by atoms with Crippen molar-refractivity contribution in [3.05, 3.63) is 151 Å². The van der Waals surface area contributed by atoms with Crippen molar-refractivity contribution in [2.75, 3.05) is 4.67 Å². The standard InChI is InChI=1S/C41H30NO2P/c1-27-24-32-20-10-13-23-37(32)42(27)45-43-40-35(28-14-4-2-5-15-28)25-30-18-8-11-21-33(30)38(40)39-34-22-12-9-19-31(34)26-36(41(39)44-45)29-16-6-3-7-17-29/h2-23,25-27H,24H2,1H3/t27-/m1/s1. The van der Waals surface area contributed by atoms with Gasteiger partial charge < -0.3 is 8.39 Å². The van der Waals surface area contributed by atoms with E-state index in [1.165, 1.54) is 22.0 Å². The lowest BCUT2D eigenvalue weighted by molar-refractivity contribution is 0.622. The summed E-state index contributed by atoms with van der Waals surface area (Å²) >= 11 is 0. The summed E-state index contributed by atoms with van der Waals surface area (Å²) in [5.74, 6) is 0. The van der Waals surface area contributed by atoms with Crippen molar-refractivity contribution in [3.63, 3.8) is 0 Å². The molecule has 0 unspecified atom stereocenters. The molecule has 0 bridgehead atoms. The van der Waals surface area contributed by atoms with E-state index in [4.69, 9.17) is 8.39 Å². The molecule has 0 saturated heterocycles. The first-order valence-electron chi connectivity index (χ1n) is 15.5. The van der Waals surface area contributed by atoms with E-state index in [0.29, 0.717) is 0 Å². The SMILES string of the molecule is C[C@@H]1Cc2ccccc2N1p1oc2c(-c3ccccc3)cc3ccccc3c2c2c(o1)c(-c1ccccc1)cc1ccccc12. The Hall–Kier alpha value is -5.24. The minimum absolute atomic E-state index is 0.222.